The van der Waals surface area contributed by atoms with E-state index in [0.29, 0.717) is 12.4 Å². The van der Waals surface area contributed by atoms with Gasteiger partial charge in [0, 0.05) is 30.8 Å². The number of fused-ring (bicyclic) bond motifs is 1. The first-order chi connectivity index (χ1) is 16.9. The van der Waals surface area contributed by atoms with Gasteiger partial charge in [0.05, 0.1) is 0 Å². The zero-order valence-corrected chi connectivity index (χ0v) is 20.1. The fourth-order valence-corrected chi connectivity index (χ4v) is 4.88. The lowest BCUT2D eigenvalue weighted by atomic mass is 9.86. The Morgan fingerprint density at radius 1 is 0.943 bits per heavy atom. The van der Waals surface area contributed by atoms with Crippen molar-refractivity contribution in [1.82, 2.24) is 4.90 Å². The van der Waals surface area contributed by atoms with Gasteiger partial charge in [-0.2, -0.15) is 0 Å². The molecule has 1 unspecified atom stereocenters. The molecule has 2 aliphatic rings. The van der Waals surface area contributed by atoms with E-state index in [1.807, 2.05) is 31.2 Å². The van der Waals surface area contributed by atoms with E-state index in [1.54, 1.807) is 24.3 Å². The van der Waals surface area contributed by atoms with E-state index in [-0.39, 0.29) is 17.2 Å². The van der Waals surface area contributed by atoms with Crippen molar-refractivity contribution >= 4 is 11.1 Å². The Labute approximate surface area is 205 Å². The van der Waals surface area contributed by atoms with Gasteiger partial charge in [0.1, 0.15) is 30.0 Å². The molecule has 182 valence electrons. The standard InChI is InChI=1S/C29H31NO5/c1-3-19-16-30(17-19)12-13-34-23-8-4-20(5-9-23)29-28(21-6-10-25(32)26(33)14-21)18(2)24-15-22(31)7-11-27(24)35-29/h4-11,14-15,19,29,31-33H,3,12-13,16-17H2,1-2H3. The monoisotopic (exact) mass is 473 g/mol. The van der Waals surface area contributed by atoms with Gasteiger partial charge in [-0.1, -0.05) is 31.5 Å². The number of hydrogen-bond donors (Lipinski definition) is 3. The molecule has 1 saturated heterocycles. The molecule has 3 aromatic rings. The van der Waals surface area contributed by atoms with Crippen LogP contribution in [-0.4, -0.2) is 46.5 Å². The summed E-state index contributed by atoms with van der Waals surface area (Å²) >= 11 is 0. The number of phenols is 3. The maximum atomic E-state index is 10.1. The molecular weight excluding hydrogens is 442 g/mol. The highest BCUT2D eigenvalue weighted by Gasteiger charge is 2.30. The zero-order valence-electron chi connectivity index (χ0n) is 20.1. The molecule has 3 N–H and O–H groups in total. The highest BCUT2D eigenvalue weighted by atomic mass is 16.5. The smallest absolute Gasteiger partial charge is 0.158 e. The number of nitrogens with zero attached hydrogens (tertiary/aromatic N) is 1. The van der Waals surface area contributed by atoms with E-state index in [1.165, 1.54) is 31.6 Å². The van der Waals surface area contributed by atoms with Crippen molar-refractivity contribution in [1.29, 1.82) is 0 Å². The van der Waals surface area contributed by atoms with Crippen LogP contribution in [-0.2, 0) is 0 Å². The van der Waals surface area contributed by atoms with E-state index in [4.69, 9.17) is 9.47 Å². The second-order valence-corrected chi connectivity index (χ2v) is 9.37. The molecule has 2 heterocycles. The third-order valence-corrected chi connectivity index (χ3v) is 7.03. The molecule has 0 saturated carbocycles. The van der Waals surface area contributed by atoms with Crippen molar-refractivity contribution in [2.24, 2.45) is 5.92 Å². The van der Waals surface area contributed by atoms with E-state index >= 15 is 0 Å². The molecule has 0 amide bonds. The van der Waals surface area contributed by atoms with Crippen LogP contribution in [0.3, 0.4) is 0 Å². The molecule has 0 radical (unpaired) electrons. The number of ether oxygens (including phenoxy) is 2. The predicted octanol–water partition coefficient (Wildman–Crippen LogP) is 5.59. The summed E-state index contributed by atoms with van der Waals surface area (Å²) in [5, 5.41) is 30.0. The van der Waals surface area contributed by atoms with Crippen LogP contribution >= 0.6 is 0 Å². The van der Waals surface area contributed by atoms with E-state index < -0.39 is 6.10 Å². The fraction of sp³-hybridized carbons (Fsp3) is 0.310. The lowest BCUT2D eigenvalue weighted by molar-refractivity contribution is 0.0806. The Bertz CT molecular complexity index is 1240. The van der Waals surface area contributed by atoms with Gasteiger partial charge < -0.3 is 24.8 Å². The number of allylic oxidation sites excluding steroid dienone is 1. The number of hydrogen-bond acceptors (Lipinski definition) is 6. The van der Waals surface area contributed by atoms with Crippen molar-refractivity contribution in [3.8, 4) is 28.7 Å². The Kier molecular flexibility index (Phi) is 6.31. The number of phenolic OH excluding ortho intramolecular Hbond substituents is 3. The zero-order chi connectivity index (χ0) is 24.5. The lowest BCUT2D eigenvalue weighted by Crippen LogP contribution is -2.47. The predicted molar refractivity (Wildman–Crippen MR) is 136 cm³/mol. The second kappa shape index (κ2) is 9.55. The molecule has 0 aliphatic carbocycles. The third kappa shape index (κ3) is 4.66. The summed E-state index contributed by atoms with van der Waals surface area (Å²) in [6.45, 7) is 8.14. The lowest BCUT2D eigenvalue weighted by Gasteiger charge is -2.38. The maximum absolute atomic E-state index is 10.1. The first-order valence-corrected chi connectivity index (χ1v) is 12.1. The number of likely N-dealkylation sites (tertiary alicyclic amines) is 1. The quantitative estimate of drug-likeness (QED) is 0.388. The van der Waals surface area contributed by atoms with E-state index in [9.17, 15) is 15.3 Å². The molecule has 1 fully saturated rings. The average molecular weight is 474 g/mol. The van der Waals surface area contributed by atoms with Gasteiger partial charge in [-0.05, 0) is 72.0 Å². The molecule has 2 aliphatic heterocycles. The van der Waals surface area contributed by atoms with Crippen molar-refractivity contribution in [3.63, 3.8) is 0 Å². The molecule has 5 rings (SSSR count). The highest BCUT2D eigenvalue weighted by molar-refractivity contribution is 5.96. The van der Waals surface area contributed by atoms with Crippen molar-refractivity contribution in [3.05, 3.63) is 77.4 Å². The van der Waals surface area contributed by atoms with E-state index in [0.717, 1.165) is 46.0 Å². The van der Waals surface area contributed by atoms with Gasteiger partial charge in [0.2, 0.25) is 0 Å². The Morgan fingerprint density at radius 3 is 2.43 bits per heavy atom. The van der Waals surface area contributed by atoms with Crippen molar-refractivity contribution in [2.45, 2.75) is 26.4 Å². The molecule has 6 heteroatoms. The van der Waals surface area contributed by atoms with Crippen LogP contribution in [0.15, 0.2) is 60.7 Å². The fourth-order valence-electron chi connectivity index (χ4n) is 4.88. The average Bonchev–Trinajstić information content (AvgIpc) is 2.83. The molecule has 35 heavy (non-hydrogen) atoms. The van der Waals surface area contributed by atoms with E-state index in [2.05, 4.69) is 11.8 Å². The van der Waals surface area contributed by atoms with Gasteiger partial charge in [-0.15, -0.1) is 0 Å². The van der Waals surface area contributed by atoms with Gasteiger partial charge >= 0.3 is 0 Å². The summed E-state index contributed by atoms with van der Waals surface area (Å²) in [7, 11) is 0. The summed E-state index contributed by atoms with van der Waals surface area (Å²) in [4.78, 5) is 2.42. The topological polar surface area (TPSA) is 82.4 Å². The Hall–Kier alpha value is -3.64. The minimum absolute atomic E-state index is 0.156. The summed E-state index contributed by atoms with van der Waals surface area (Å²) in [6, 6.07) is 17.7. The molecule has 0 aromatic heterocycles. The number of rotatable bonds is 7. The van der Waals surface area contributed by atoms with Gasteiger partial charge in [0.25, 0.3) is 0 Å². The van der Waals surface area contributed by atoms with Crippen LogP contribution in [0.1, 0.15) is 43.1 Å². The minimum atomic E-state index is -0.433. The van der Waals surface area contributed by atoms with Crippen molar-refractivity contribution in [2.75, 3.05) is 26.2 Å². The number of benzene rings is 3. The number of aromatic hydroxyl groups is 3. The van der Waals surface area contributed by atoms with Crippen molar-refractivity contribution < 1.29 is 24.8 Å². The molecular formula is C29H31NO5. The summed E-state index contributed by atoms with van der Waals surface area (Å²) < 4.78 is 12.4. The third-order valence-electron chi connectivity index (χ3n) is 7.03. The largest absolute Gasteiger partial charge is 0.508 e. The summed E-state index contributed by atoms with van der Waals surface area (Å²) in [5.74, 6) is 2.11. The van der Waals surface area contributed by atoms with Crippen LogP contribution in [0, 0.1) is 5.92 Å². The highest BCUT2D eigenvalue weighted by Crippen LogP contribution is 2.48. The molecule has 6 nitrogen and oxygen atoms in total. The summed E-state index contributed by atoms with van der Waals surface area (Å²) in [6.07, 6.45) is 0.810. The molecule has 0 spiro atoms. The van der Waals surface area contributed by atoms with Gasteiger partial charge in [-0.3, -0.25) is 4.90 Å². The maximum Gasteiger partial charge on any atom is 0.158 e. The first-order valence-electron chi connectivity index (χ1n) is 12.1. The van der Waals surface area contributed by atoms with Crippen LogP contribution in [0.25, 0.3) is 11.1 Å². The SMILES string of the molecule is CCC1CN(CCOc2ccc(C3Oc4ccc(O)cc4C(C)=C3c3ccc(O)c(O)c3)cc2)C1. The first kappa shape index (κ1) is 23.1. The molecule has 1 atom stereocenters. The summed E-state index contributed by atoms with van der Waals surface area (Å²) in [5.41, 5.74) is 4.25. The van der Waals surface area contributed by atoms with Gasteiger partial charge in [0.15, 0.2) is 11.5 Å². The van der Waals surface area contributed by atoms with Crippen LogP contribution < -0.4 is 9.47 Å². The van der Waals surface area contributed by atoms with Crippen LogP contribution in [0.4, 0.5) is 0 Å². The molecule has 0 bridgehead atoms. The Balaban J connectivity index is 1.40. The Morgan fingerprint density at radius 2 is 1.71 bits per heavy atom. The van der Waals surface area contributed by atoms with Crippen LogP contribution in [0.2, 0.25) is 0 Å². The van der Waals surface area contributed by atoms with Crippen LogP contribution in [0.5, 0.6) is 28.7 Å². The second-order valence-electron chi connectivity index (χ2n) is 9.37. The minimum Gasteiger partial charge on any atom is -0.508 e. The normalized spacial score (nSPS) is 18.1. The molecule has 3 aromatic carbocycles. The van der Waals surface area contributed by atoms with Gasteiger partial charge in [-0.25, -0.2) is 0 Å².